The van der Waals surface area contributed by atoms with Crippen LogP contribution in [0.1, 0.15) is 42.6 Å². The zero-order valence-corrected chi connectivity index (χ0v) is 18.1. The molecule has 3 rings (SSSR count). The van der Waals surface area contributed by atoms with Gasteiger partial charge in [-0.2, -0.15) is 0 Å². The Balaban J connectivity index is 1.62. The Bertz CT molecular complexity index is 916. The highest BCUT2D eigenvalue weighted by molar-refractivity contribution is 6.34. The second-order valence-corrected chi connectivity index (χ2v) is 7.38. The molecule has 0 saturated carbocycles. The Morgan fingerprint density at radius 2 is 1.87 bits per heavy atom. The number of ether oxygens (including phenoxy) is 2. The third kappa shape index (κ3) is 5.25. The molecule has 0 aromatic heterocycles. The molecule has 0 bridgehead atoms. The average molecular weight is 431 g/mol. The fourth-order valence-corrected chi connectivity index (χ4v) is 3.66. The minimum atomic E-state index is -0.199. The summed E-state index contributed by atoms with van der Waals surface area (Å²) in [6.07, 6.45) is 1.97. The number of nitrogens with zero attached hydrogens (tertiary/aromatic N) is 1. The van der Waals surface area contributed by atoms with Crippen LogP contribution in [0.3, 0.4) is 0 Å². The van der Waals surface area contributed by atoms with Gasteiger partial charge in [-0.3, -0.25) is 9.59 Å². The molecule has 0 spiro atoms. The molecule has 0 atom stereocenters. The minimum absolute atomic E-state index is 0.0371. The van der Waals surface area contributed by atoms with E-state index >= 15 is 0 Å². The normalized spacial score (nSPS) is 13.4. The second kappa shape index (κ2) is 10.3. The molecule has 1 saturated heterocycles. The molecule has 0 unspecified atom stereocenters. The average Bonchev–Trinajstić information content (AvgIpc) is 3.16. The number of anilines is 1. The SMILES string of the molecule is CCOc1ccc(CCNC(=O)c2ccc(Cl)c(N3CCCC3=O)c2)cc1OCC. The first-order valence-corrected chi connectivity index (χ1v) is 10.7. The van der Waals surface area contributed by atoms with E-state index in [0.29, 0.717) is 61.2 Å². The Morgan fingerprint density at radius 1 is 1.10 bits per heavy atom. The van der Waals surface area contributed by atoms with Crippen LogP contribution in [-0.4, -0.2) is 38.1 Å². The number of benzene rings is 2. The molecule has 1 heterocycles. The zero-order chi connectivity index (χ0) is 21.5. The molecule has 2 aromatic rings. The quantitative estimate of drug-likeness (QED) is 0.646. The van der Waals surface area contributed by atoms with Gasteiger partial charge in [-0.1, -0.05) is 17.7 Å². The van der Waals surface area contributed by atoms with E-state index in [9.17, 15) is 9.59 Å². The molecular weight excluding hydrogens is 404 g/mol. The van der Waals surface area contributed by atoms with Gasteiger partial charge in [-0.15, -0.1) is 0 Å². The van der Waals surface area contributed by atoms with Crippen LogP contribution in [0.4, 0.5) is 5.69 Å². The molecule has 2 aromatic carbocycles. The number of amides is 2. The molecular formula is C23H27ClN2O4. The van der Waals surface area contributed by atoms with Crippen molar-refractivity contribution in [3.63, 3.8) is 0 Å². The third-order valence-electron chi connectivity index (χ3n) is 4.88. The summed E-state index contributed by atoms with van der Waals surface area (Å²) in [5.41, 5.74) is 2.12. The standard InChI is InChI=1S/C23H27ClN2O4/c1-3-29-20-10-7-16(14-21(20)30-4-2)11-12-25-23(28)17-8-9-18(24)19(15-17)26-13-5-6-22(26)27/h7-10,14-15H,3-6,11-13H2,1-2H3,(H,25,28). The lowest BCUT2D eigenvalue weighted by Crippen LogP contribution is -2.27. The first kappa shape index (κ1) is 22.0. The molecule has 0 radical (unpaired) electrons. The Hall–Kier alpha value is -2.73. The number of hydrogen-bond acceptors (Lipinski definition) is 4. The predicted octanol–water partition coefficient (Wildman–Crippen LogP) is 4.24. The summed E-state index contributed by atoms with van der Waals surface area (Å²) >= 11 is 6.26. The van der Waals surface area contributed by atoms with E-state index in [2.05, 4.69) is 5.32 Å². The van der Waals surface area contributed by atoms with E-state index in [1.807, 2.05) is 32.0 Å². The highest BCUT2D eigenvalue weighted by Gasteiger charge is 2.24. The van der Waals surface area contributed by atoms with Gasteiger partial charge in [-0.05, 0) is 62.6 Å². The number of hydrogen-bond donors (Lipinski definition) is 1. The molecule has 2 amide bonds. The molecule has 0 aliphatic carbocycles. The number of rotatable bonds is 9. The summed E-state index contributed by atoms with van der Waals surface area (Å²) in [4.78, 5) is 26.3. The molecule has 1 aliphatic rings. The number of halogens is 1. The lowest BCUT2D eigenvalue weighted by Gasteiger charge is -2.18. The third-order valence-corrected chi connectivity index (χ3v) is 5.20. The molecule has 1 N–H and O–H groups in total. The van der Waals surface area contributed by atoms with Gasteiger partial charge >= 0.3 is 0 Å². The van der Waals surface area contributed by atoms with E-state index in [4.69, 9.17) is 21.1 Å². The van der Waals surface area contributed by atoms with Gasteiger partial charge in [0.15, 0.2) is 11.5 Å². The van der Waals surface area contributed by atoms with Gasteiger partial charge in [0.25, 0.3) is 5.91 Å². The monoisotopic (exact) mass is 430 g/mol. The first-order valence-electron chi connectivity index (χ1n) is 10.3. The largest absolute Gasteiger partial charge is 0.490 e. The molecule has 1 aliphatic heterocycles. The molecule has 7 heteroatoms. The summed E-state index contributed by atoms with van der Waals surface area (Å²) in [7, 11) is 0. The van der Waals surface area contributed by atoms with Crippen molar-refractivity contribution in [3.8, 4) is 11.5 Å². The zero-order valence-electron chi connectivity index (χ0n) is 17.4. The van der Waals surface area contributed by atoms with Crippen LogP contribution in [-0.2, 0) is 11.2 Å². The van der Waals surface area contributed by atoms with Crippen molar-refractivity contribution in [1.29, 1.82) is 0 Å². The first-order chi connectivity index (χ1) is 14.5. The number of carbonyl (C=O) groups is 2. The van der Waals surface area contributed by atoms with Gasteiger partial charge in [0.05, 0.1) is 23.9 Å². The molecule has 160 valence electrons. The van der Waals surface area contributed by atoms with Crippen LogP contribution in [0.5, 0.6) is 11.5 Å². The lowest BCUT2D eigenvalue weighted by molar-refractivity contribution is -0.117. The predicted molar refractivity (Wildman–Crippen MR) is 118 cm³/mol. The summed E-state index contributed by atoms with van der Waals surface area (Å²) in [5, 5.41) is 3.40. The van der Waals surface area contributed by atoms with Crippen LogP contribution < -0.4 is 19.7 Å². The second-order valence-electron chi connectivity index (χ2n) is 6.97. The van der Waals surface area contributed by atoms with Gasteiger partial charge in [0.1, 0.15) is 0 Å². The van der Waals surface area contributed by atoms with Crippen molar-refractivity contribution in [2.24, 2.45) is 0 Å². The van der Waals surface area contributed by atoms with Crippen molar-refractivity contribution >= 4 is 29.1 Å². The maximum absolute atomic E-state index is 12.6. The van der Waals surface area contributed by atoms with Gasteiger partial charge in [-0.25, -0.2) is 0 Å². The Morgan fingerprint density at radius 3 is 2.57 bits per heavy atom. The van der Waals surface area contributed by atoms with Gasteiger partial charge < -0.3 is 19.7 Å². The van der Waals surface area contributed by atoms with E-state index in [1.54, 1.807) is 23.1 Å². The Labute approximate surface area is 182 Å². The van der Waals surface area contributed by atoms with Crippen LogP contribution in [0.2, 0.25) is 5.02 Å². The minimum Gasteiger partial charge on any atom is -0.490 e. The van der Waals surface area contributed by atoms with Crippen molar-refractivity contribution in [2.75, 3.05) is 31.2 Å². The van der Waals surface area contributed by atoms with Crippen LogP contribution in [0.15, 0.2) is 36.4 Å². The fraction of sp³-hybridized carbons (Fsp3) is 0.391. The van der Waals surface area contributed by atoms with Crippen LogP contribution in [0.25, 0.3) is 0 Å². The summed E-state index contributed by atoms with van der Waals surface area (Å²) in [6, 6.07) is 10.8. The summed E-state index contributed by atoms with van der Waals surface area (Å²) in [6.45, 7) is 6.09. The van der Waals surface area contributed by atoms with Gasteiger partial charge in [0, 0.05) is 25.1 Å². The van der Waals surface area contributed by atoms with Crippen LogP contribution in [0, 0.1) is 0 Å². The maximum atomic E-state index is 12.6. The maximum Gasteiger partial charge on any atom is 0.251 e. The highest BCUT2D eigenvalue weighted by atomic mass is 35.5. The van der Waals surface area contributed by atoms with E-state index in [0.717, 1.165) is 17.7 Å². The van der Waals surface area contributed by atoms with Crippen molar-refractivity contribution < 1.29 is 19.1 Å². The van der Waals surface area contributed by atoms with Crippen molar-refractivity contribution in [2.45, 2.75) is 33.1 Å². The fourth-order valence-electron chi connectivity index (χ4n) is 3.44. The molecule has 30 heavy (non-hydrogen) atoms. The molecule has 6 nitrogen and oxygen atoms in total. The van der Waals surface area contributed by atoms with E-state index in [-0.39, 0.29) is 11.8 Å². The smallest absolute Gasteiger partial charge is 0.251 e. The summed E-state index contributed by atoms with van der Waals surface area (Å²) < 4.78 is 11.2. The van der Waals surface area contributed by atoms with Gasteiger partial charge in [0.2, 0.25) is 5.91 Å². The number of nitrogens with one attached hydrogen (secondary N) is 1. The molecule has 1 fully saturated rings. The Kier molecular flexibility index (Phi) is 7.57. The lowest BCUT2D eigenvalue weighted by atomic mass is 10.1. The number of carbonyl (C=O) groups excluding carboxylic acids is 2. The topological polar surface area (TPSA) is 67.9 Å². The van der Waals surface area contributed by atoms with E-state index in [1.165, 1.54) is 0 Å². The summed E-state index contributed by atoms with van der Waals surface area (Å²) in [5.74, 6) is 1.27. The van der Waals surface area contributed by atoms with Crippen LogP contribution >= 0.6 is 11.6 Å². The highest BCUT2D eigenvalue weighted by Crippen LogP contribution is 2.31. The van der Waals surface area contributed by atoms with Crippen molar-refractivity contribution in [3.05, 3.63) is 52.5 Å². The van der Waals surface area contributed by atoms with Crippen molar-refractivity contribution in [1.82, 2.24) is 5.32 Å². The van der Waals surface area contributed by atoms with E-state index < -0.39 is 0 Å².